The second-order valence-electron chi connectivity index (χ2n) is 35.4. The molecule has 9 heteroatoms. The van der Waals surface area contributed by atoms with E-state index < -0.39 is 0 Å². The second-order valence-corrected chi connectivity index (χ2v) is 35.4. The quantitative estimate of drug-likeness (QED) is 0.116. The lowest BCUT2D eigenvalue weighted by atomic mass is 10.0. The van der Waals surface area contributed by atoms with Gasteiger partial charge in [-0.3, -0.25) is 15.0 Å². The Bertz CT molecular complexity index is 9160. The fraction of sp³-hybridized carbons (Fsp3) is 0. The van der Waals surface area contributed by atoms with E-state index in [-0.39, 0.29) is 0 Å². The van der Waals surface area contributed by atoms with Crippen LogP contribution in [0.15, 0.2) is 516 Å². The molecule has 0 saturated carbocycles. The number of hydrogen-bond donors (Lipinski definition) is 0. The Balaban J connectivity index is 0.000000107. The zero-order chi connectivity index (χ0) is 91.1. The van der Waals surface area contributed by atoms with Crippen LogP contribution in [0, 0.1) is 0 Å². The van der Waals surface area contributed by atoms with Crippen molar-refractivity contribution in [2.24, 2.45) is 0 Å². The number of benzene rings is 19. The first-order chi connectivity index (χ1) is 68.5. The monoisotopic (exact) mass is 1760 g/mol. The summed E-state index contributed by atoms with van der Waals surface area (Å²) in [4.78, 5) is 13.5. The van der Waals surface area contributed by atoms with Crippen molar-refractivity contribution in [3.8, 4) is 112 Å². The third-order valence-corrected chi connectivity index (χ3v) is 27.6. The summed E-state index contributed by atoms with van der Waals surface area (Å²) in [6.45, 7) is 0. The van der Waals surface area contributed by atoms with E-state index in [1.165, 1.54) is 198 Å². The number of nitrogens with zero attached hydrogens (tertiary/aromatic N) is 9. The fourth-order valence-electron chi connectivity index (χ4n) is 21.1. The van der Waals surface area contributed by atoms with Crippen molar-refractivity contribution in [1.82, 2.24) is 42.4 Å². The molecule has 0 fully saturated rings. The van der Waals surface area contributed by atoms with Gasteiger partial charge in [0.25, 0.3) is 0 Å². The summed E-state index contributed by atoms with van der Waals surface area (Å²) < 4.78 is 14.2. The molecule has 0 amide bonds. The summed E-state index contributed by atoms with van der Waals surface area (Å²) >= 11 is 0. The van der Waals surface area contributed by atoms with Crippen LogP contribution < -0.4 is 0 Å². The lowest BCUT2D eigenvalue weighted by molar-refractivity contribution is 1.18. The van der Waals surface area contributed by atoms with Crippen molar-refractivity contribution in [2.45, 2.75) is 0 Å². The number of pyridine rings is 3. The number of para-hydroxylation sites is 9. The smallest absolute Gasteiger partial charge is 0.0702 e. The molecule has 0 spiro atoms. The Morgan fingerprint density at radius 1 is 0.123 bits per heavy atom. The molecule has 0 saturated heterocycles. The van der Waals surface area contributed by atoms with E-state index in [2.05, 4.69) is 492 Å². The van der Waals surface area contributed by atoms with E-state index >= 15 is 0 Å². The van der Waals surface area contributed by atoms with Crippen LogP contribution in [-0.4, -0.2) is 42.4 Å². The highest BCUT2D eigenvalue weighted by Crippen LogP contribution is 2.45. The standard InChI is InChI=1S/C47H31N3.2C41H27N3/c1-3-11-32(12-4-1)36-21-26-43(48-31-36)33-19-24-38(25-20-33)50-45-18-10-8-16-40(45)42-30-35(23-28-47(42)50)34-22-27-46-41(29-34)39-15-7-9-17-44(39)49(46)37-13-5-2-6-14-37;1-2-10-31(11-3-1)43-38-15-6-4-12-33(38)35-26-29(19-23-40(35)43)30-20-24-41-36(27-30)34-13-5-7-16-39(34)44(41)32-21-17-28(18-22-32)37-14-8-9-25-42-37;1-2-8-32(9-3-1)43-38-12-6-4-10-34(38)36-26-30(16-20-40(36)43)31-17-21-41-37(27-31)35-11-5-7-13-39(35)44(41)33-18-14-28(15-19-33)29-22-24-42-25-23-29/h1-31H;2*1-27H. The van der Waals surface area contributed by atoms with Crippen molar-refractivity contribution in [1.29, 1.82) is 0 Å². The van der Waals surface area contributed by atoms with Gasteiger partial charge in [-0.15, -0.1) is 0 Å². The summed E-state index contributed by atoms with van der Waals surface area (Å²) in [5.41, 5.74) is 37.5. The number of aromatic nitrogens is 9. The minimum absolute atomic E-state index is 0.965. The maximum atomic E-state index is 4.80. The third-order valence-electron chi connectivity index (χ3n) is 27.6. The molecule has 9 aromatic heterocycles. The SMILES string of the molecule is c1ccc(-c2ccc(-c3ccc(-n4c5ccccc5c5cc(-c6ccc7c(c6)c6ccccc6n7-c6ccccc6)ccc54)cc3)nc2)cc1.c1ccc(-n2c3ccccc3c3cc(-c4ccc5c(c4)c4ccccc4n5-c4ccc(-c5ccccn5)cc4)ccc32)cc1.c1ccc(-n2c3ccccc3c3cc(-c4ccc5c(c4)c4ccccc4n5-c4ccc(-c5ccncc5)cc4)ccc32)cc1. The lowest BCUT2D eigenvalue weighted by Gasteiger charge is -2.10. The molecular formula is C129H85N9. The van der Waals surface area contributed by atoms with Crippen molar-refractivity contribution >= 4 is 131 Å². The minimum Gasteiger partial charge on any atom is -0.309 e. The Hall–Kier alpha value is -18.6. The molecule has 646 valence electrons. The molecule has 0 radical (unpaired) electrons. The largest absolute Gasteiger partial charge is 0.309 e. The van der Waals surface area contributed by atoms with Crippen LogP contribution in [0.1, 0.15) is 0 Å². The van der Waals surface area contributed by atoms with Crippen molar-refractivity contribution in [3.05, 3.63) is 516 Å². The van der Waals surface area contributed by atoms with Crippen LogP contribution in [0.5, 0.6) is 0 Å². The van der Waals surface area contributed by atoms with E-state index in [0.29, 0.717) is 0 Å². The number of fused-ring (bicyclic) bond motifs is 18. The highest BCUT2D eigenvalue weighted by molar-refractivity contribution is 6.17. The summed E-state index contributed by atoms with van der Waals surface area (Å²) in [6.07, 6.45) is 7.48. The highest BCUT2D eigenvalue weighted by Gasteiger charge is 2.23. The van der Waals surface area contributed by atoms with Gasteiger partial charge in [0.05, 0.1) is 77.6 Å². The van der Waals surface area contributed by atoms with Gasteiger partial charge in [-0.05, 0) is 262 Å². The fourth-order valence-corrected chi connectivity index (χ4v) is 21.1. The van der Waals surface area contributed by atoms with Crippen molar-refractivity contribution in [2.75, 3.05) is 0 Å². The van der Waals surface area contributed by atoms with Crippen molar-refractivity contribution in [3.63, 3.8) is 0 Å². The maximum absolute atomic E-state index is 4.80. The van der Waals surface area contributed by atoms with Crippen LogP contribution in [0.3, 0.4) is 0 Å². The van der Waals surface area contributed by atoms with E-state index in [9.17, 15) is 0 Å². The van der Waals surface area contributed by atoms with Gasteiger partial charge in [-0.2, -0.15) is 0 Å². The van der Waals surface area contributed by atoms with E-state index in [4.69, 9.17) is 4.98 Å². The van der Waals surface area contributed by atoms with E-state index in [0.717, 1.165) is 45.1 Å². The summed E-state index contributed by atoms with van der Waals surface area (Å²) in [5, 5.41) is 15.1. The molecule has 0 aliphatic rings. The van der Waals surface area contributed by atoms with Crippen LogP contribution >= 0.6 is 0 Å². The number of hydrogen-bond acceptors (Lipinski definition) is 3. The first kappa shape index (κ1) is 80.3. The Morgan fingerprint density at radius 3 is 0.616 bits per heavy atom. The first-order valence-electron chi connectivity index (χ1n) is 47.0. The van der Waals surface area contributed by atoms with E-state index in [1.54, 1.807) is 0 Å². The molecule has 19 aromatic carbocycles. The van der Waals surface area contributed by atoms with Crippen LogP contribution in [-0.2, 0) is 0 Å². The summed E-state index contributed by atoms with van der Waals surface area (Å²) in [6, 6.07) is 177. The van der Waals surface area contributed by atoms with Crippen LogP contribution in [0.2, 0.25) is 0 Å². The molecule has 138 heavy (non-hydrogen) atoms. The average Bonchev–Trinajstić information content (AvgIpc) is 1.59. The minimum atomic E-state index is 0.965. The van der Waals surface area contributed by atoms with Gasteiger partial charge in [-0.25, -0.2) is 0 Å². The van der Waals surface area contributed by atoms with Gasteiger partial charge in [-0.1, -0.05) is 279 Å². The molecular weight excluding hydrogens is 1680 g/mol. The molecule has 28 rings (SSSR count). The summed E-state index contributed by atoms with van der Waals surface area (Å²) in [5.74, 6) is 0. The zero-order valence-electron chi connectivity index (χ0n) is 75.1. The lowest BCUT2D eigenvalue weighted by Crippen LogP contribution is -1.94. The van der Waals surface area contributed by atoms with Gasteiger partial charge in [0.1, 0.15) is 0 Å². The first-order valence-corrected chi connectivity index (χ1v) is 47.0. The predicted octanol–water partition coefficient (Wildman–Crippen LogP) is 33.5. The van der Waals surface area contributed by atoms with Crippen LogP contribution in [0.25, 0.3) is 243 Å². The molecule has 28 aromatic rings. The van der Waals surface area contributed by atoms with E-state index in [1.807, 2.05) is 61.2 Å². The van der Waals surface area contributed by atoms with Gasteiger partial charge < -0.3 is 27.4 Å². The van der Waals surface area contributed by atoms with Crippen molar-refractivity contribution < 1.29 is 0 Å². The molecule has 0 bridgehead atoms. The normalized spacial score (nSPS) is 11.6. The molecule has 9 nitrogen and oxygen atoms in total. The molecule has 0 aliphatic heterocycles. The highest BCUT2D eigenvalue weighted by atomic mass is 15.0. The average molecular weight is 1760 g/mol. The zero-order valence-corrected chi connectivity index (χ0v) is 75.1. The molecule has 0 unspecified atom stereocenters. The molecule has 0 N–H and O–H groups in total. The Morgan fingerprint density at radius 2 is 0.341 bits per heavy atom. The second kappa shape index (κ2) is 33.9. The summed E-state index contributed by atoms with van der Waals surface area (Å²) in [7, 11) is 0. The maximum Gasteiger partial charge on any atom is 0.0702 e. The molecule has 9 heterocycles. The topological polar surface area (TPSA) is 68.2 Å². The number of rotatable bonds is 13. The van der Waals surface area contributed by atoms with Gasteiger partial charge in [0.15, 0.2) is 0 Å². The predicted molar refractivity (Wildman–Crippen MR) is 577 cm³/mol. The van der Waals surface area contributed by atoms with Crippen LogP contribution in [0.4, 0.5) is 0 Å². The molecule has 0 atom stereocenters. The Labute approximate surface area is 796 Å². The van der Waals surface area contributed by atoms with Gasteiger partial charge in [0.2, 0.25) is 0 Å². The molecule has 0 aliphatic carbocycles. The third kappa shape index (κ3) is 14.0. The van der Waals surface area contributed by atoms with Gasteiger partial charge >= 0.3 is 0 Å². The van der Waals surface area contributed by atoms with Gasteiger partial charge in [0, 0.05) is 140 Å². The Kier molecular flexibility index (Phi) is 19.7.